The molecular formula is C22H25N3O3. The van der Waals surface area contributed by atoms with Crippen molar-refractivity contribution in [3.8, 4) is 28.4 Å². The van der Waals surface area contributed by atoms with E-state index in [0.717, 1.165) is 11.3 Å². The first kappa shape index (κ1) is 19.5. The van der Waals surface area contributed by atoms with Gasteiger partial charge in [-0.25, -0.2) is 4.68 Å². The average Bonchev–Trinajstić information content (AvgIpc) is 3.12. The third-order valence-corrected chi connectivity index (χ3v) is 4.12. The summed E-state index contributed by atoms with van der Waals surface area (Å²) in [5.41, 5.74) is 2.32. The van der Waals surface area contributed by atoms with Gasteiger partial charge in [-0.3, -0.25) is 4.79 Å². The van der Waals surface area contributed by atoms with Crippen molar-refractivity contribution in [2.75, 3.05) is 14.2 Å². The number of carbonyl (C=O) groups excluding carboxylic acids is 1. The van der Waals surface area contributed by atoms with Crippen LogP contribution in [0.15, 0.2) is 54.6 Å². The number of para-hydroxylation sites is 1. The number of hydrogen-bond acceptors (Lipinski definition) is 4. The lowest BCUT2D eigenvalue weighted by atomic mass is 10.1. The molecule has 0 saturated carbocycles. The van der Waals surface area contributed by atoms with Crippen LogP contribution in [0.1, 0.15) is 31.3 Å². The molecule has 1 heterocycles. The van der Waals surface area contributed by atoms with Crippen LogP contribution in [0.2, 0.25) is 0 Å². The van der Waals surface area contributed by atoms with Gasteiger partial charge in [0.05, 0.1) is 25.6 Å². The lowest BCUT2D eigenvalue weighted by molar-refractivity contribution is 0.0911. The molecule has 0 radical (unpaired) electrons. The van der Waals surface area contributed by atoms with Gasteiger partial charge in [-0.15, -0.1) is 0 Å². The van der Waals surface area contributed by atoms with Crippen molar-refractivity contribution in [3.05, 3.63) is 60.3 Å². The number of benzene rings is 2. The largest absolute Gasteiger partial charge is 0.497 e. The summed E-state index contributed by atoms with van der Waals surface area (Å²) in [4.78, 5) is 12.9. The van der Waals surface area contributed by atoms with Crippen LogP contribution in [0, 0.1) is 0 Å². The predicted molar refractivity (Wildman–Crippen MR) is 109 cm³/mol. The van der Waals surface area contributed by atoms with Crippen LogP contribution in [-0.4, -0.2) is 35.4 Å². The van der Waals surface area contributed by atoms with E-state index in [1.54, 1.807) is 31.0 Å². The lowest BCUT2D eigenvalue weighted by Gasteiger charge is -2.20. The number of hydrogen-bond donors (Lipinski definition) is 1. The van der Waals surface area contributed by atoms with E-state index in [4.69, 9.17) is 14.6 Å². The van der Waals surface area contributed by atoms with E-state index in [0.29, 0.717) is 22.9 Å². The number of rotatable bonds is 5. The number of aromatic nitrogens is 2. The molecule has 0 unspecified atom stereocenters. The van der Waals surface area contributed by atoms with Crippen molar-refractivity contribution in [1.82, 2.24) is 15.1 Å². The van der Waals surface area contributed by atoms with E-state index in [-0.39, 0.29) is 11.4 Å². The lowest BCUT2D eigenvalue weighted by Crippen LogP contribution is -2.41. The van der Waals surface area contributed by atoms with E-state index in [1.807, 2.05) is 63.2 Å². The molecule has 6 heteroatoms. The Balaban J connectivity index is 2.13. The molecule has 1 aromatic heterocycles. The molecule has 146 valence electrons. The molecule has 1 N–H and O–H groups in total. The SMILES string of the molecule is COc1ccc(-c2cc(C(=O)NC(C)(C)C)n(-c3ccccc3)n2)c(OC)c1. The van der Waals surface area contributed by atoms with Gasteiger partial charge < -0.3 is 14.8 Å². The Bertz CT molecular complexity index is 972. The molecule has 0 atom stereocenters. The van der Waals surface area contributed by atoms with Crippen molar-refractivity contribution >= 4 is 5.91 Å². The first-order valence-corrected chi connectivity index (χ1v) is 9.03. The van der Waals surface area contributed by atoms with Crippen LogP contribution < -0.4 is 14.8 Å². The van der Waals surface area contributed by atoms with Crippen LogP contribution in [0.25, 0.3) is 16.9 Å². The first-order valence-electron chi connectivity index (χ1n) is 9.03. The zero-order valence-electron chi connectivity index (χ0n) is 16.8. The molecule has 0 spiro atoms. The van der Waals surface area contributed by atoms with Crippen molar-refractivity contribution in [2.24, 2.45) is 0 Å². The molecule has 6 nitrogen and oxygen atoms in total. The molecule has 1 amide bonds. The Kier molecular flexibility index (Phi) is 5.40. The minimum atomic E-state index is -0.360. The molecule has 0 bridgehead atoms. The van der Waals surface area contributed by atoms with Crippen LogP contribution in [0.3, 0.4) is 0 Å². The Morgan fingerprint density at radius 2 is 1.71 bits per heavy atom. The van der Waals surface area contributed by atoms with Gasteiger partial charge in [-0.1, -0.05) is 18.2 Å². The predicted octanol–water partition coefficient (Wildman–Crippen LogP) is 4.08. The van der Waals surface area contributed by atoms with E-state index in [1.165, 1.54) is 0 Å². The van der Waals surface area contributed by atoms with Crippen LogP contribution in [-0.2, 0) is 0 Å². The second-order valence-corrected chi connectivity index (χ2v) is 7.43. The first-order chi connectivity index (χ1) is 13.3. The average molecular weight is 379 g/mol. The Labute approximate surface area is 165 Å². The van der Waals surface area contributed by atoms with Crippen molar-refractivity contribution < 1.29 is 14.3 Å². The zero-order valence-corrected chi connectivity index (χ0v) is 16.8. The number of amides is 1. The molecule has 28 heavy (non-hydrogen) atoms. The molecule has 0 saturated heterocycles. The van der Waals surface area contributed by atoms with Gasteiger partial charge >= 0.3 is 0 Å². The topological polar surface area (TPSA) is 65.4 Å². The van der Waals surface area contributed by atoms with Crippen molar-refractivity contribution in [3.63, 3.8) is 0 Å². The molecule has 0 aliphatic heterocycles. The highest BCUT2D eigenvalue weighted by atomic mass is 16.5. The molecule has 3 aromatic rings. The summed E-state index contributed by atoms with van der Waals surface area (Å²) in [6.45, 7) is 5.84. The third-order valence-electron chi connectivity index (χ3n) is 4.12. The summed E-state index contributed by atoms with van der Waals surface area (Å²) in [6.07, 6.45) is 0. The van der Waals surface area contributed by atoms with E-state index < -0.39 is 0 Å². The highest BCUT2D eigenvalue weighted by Crippen LogP contribution is 2.33. The molecule has 2 aromatic carbocycles. The Morgan fingerprint density at radius 3 is 2.32 bits per heavy atom. The fraction of sp³-hybridized carbons (Fsp3) is 0.273. The maximum absolute atomic E-state index is 12.9. The highest BCUT2D eigenvalue weighted by molar-refractivity contribution is 5.95. The second kappa shape index (κ2) is 7.76. The Morgan fingerprint density at radius 1 is 1.00 bits per heavy atom. The maximum atomic E-state index is 12.9. The van der Waals surface area contributed by atoms with Crippen LogP contribution >= 0.6 is 0 Å². The van der Waals surface area contributed by atoms with Crippen LogP contribution in [0.5, 0.6) is 11.5 Å². The fourth-order valence-corrected chi connectivity index (χ4v) is 2.86. The molecule has 0 fully saturated rings. The van der Waals surface area contributed by atoms with Gasteiger partial charge in [-0.2, -0.15) is 5.10 Å². The van der Waals surface area contributed by atoms with E-state index in [2.05, 4.69) is 5.32 Å². The summed E-state index contributed by atoms with van der Waals surface area (Å²) >= 11 is 0. The third kappa shape index (κ3) is 4.17. The smallest absolute Gasteiger partial charge is 0.270 e. The quantitative estimate of drug-likeness (QED) is 0.725. The molecule has 3 rings (SSSR count). The van der Waals surface area contributed by atoms with Gasteiger partial charge in [0.25, 0.3) is 5.91 Å². The minimum absolute atomic E-state index is 0.192. The maximum Gasteiger partial charge on any atom is 0.270 e. The summed E-state index contributed by atoms with van der Waals surface area (Å²) in [7, 11) is 3.20. The van der Waals surface area contributed by atoms with Crippen molar-refractivity contribution in [1.29, 1.82) is 0 Å². The monoisotopic (exact) mass is 379 g/mol. The fourth-order valence-electron chi connectivity index (χ4n) is 2.86. The summed E-state index contributed by atoms with van der Waals surface area (Å²) in [5, 5.41) is 7.71. The van der Waals surface area contributed by atoms with Gasteiger partial charge in [0.1, 0.15) is 17.2 Å². The second-order valence-electron chi connectivity index (χ2n) is 7.43. The number of nitrogens with zero attached hydrogens (tertiary/aromatic N) is 2. The molecule has 0 aliphatic carbocycles. The van der Waals surface area contributed by atoms with Gasteiger partial charge in [0.15, 0.2) is 0 Å². The Hall–Kier alpha value is -3.28. The number of carbonyl (C=O) groups is 1. The van der Waals surface area contributed by atoms with Gasteiger partial charge in [-0.05, 0) is 51.1 Å². The van der Waals surface area contributed by atoms with Gasteiger partial charge in [0.2, 0.25) is 0 Å². The van der Waals surface area contributed by atoms with Crippen molar-refractivity contribution in [2.45, 2.75) is 26.3 Å². The standard InChI is InChI=1S/C22H25N3O3/c1-22(2,3)23-21(26)19-14-18(24-25(19)15-9-7-6-8-10-15)17-12-11-16(27-4)13-20(17)28-5/h6-14H,1-5H3,(H,23,26). The normalized spacial score (nSPS) is 11.2. The van der Waals surface area contributed by atoms with Crippen LogP contribution in [0.4, 0.5) is 0 Å². The number of ether oxygens (including phenoxy) is 2. The molecule has 0 aliphatic rings. The zero-order chi connectivity index (χ0) is 20.3. The van der Waals surface area contributed by atoms with E-state index in [9.17, 15) is 4.79 Å². The van der Waals surface area contributed by atoms with Gasteiger partial charge in [0, 0.05) is 17.2 Å². The van der Waals surface area contributed by atoms with E-state index >= 15 is 0 Å². The minimum Gasteiger partial charge on any atom is -0.497 e. The summed E-state index contributed by atoms with van der Waals surface area (Å²) < 4.78 is 12.4. The highest BCUT2D eigenvalue weighted by Gasteiger charge is 2.22. The summed E-state index contributed by atoms with van der Waals surface area (Å²) in [5.74, 6) is 1.12. The summed E-state index contributed by atoms with van der Waals surface area (Å²) in [6, 6.07) is 16.9. The number of nitrogens with one attached hydrogen (secondary N) is 1. The molecular weight excluding hydrogens is 354 g/mol. The number of methoxy groups -OCH3 is 2.